The van der Waals surface area contributed by atoms with Crippen molar-refractivity contribution in [3.63, 3.8) is 0 Å². The van der Waals surface area contributed by atoms with Crippen molar-refractivity contribution in [3.05, 3.63) is 69.7 Å². The largest absolute Gasteiger partial charge is 0.345 e. The van der Waals surface area contributed by atoms with Gasteiger partial charge >= 0.3 is 0 Å². The fourth-order valence-corrected chi connectivity index (χ4v) is 3.45. The molecular formula is C19H16Cl2FN5O2S. The molecule has 7 nitrogen and oxygen atoms in total. The molecule has 3 rings (SSSR count). The Balaban J connectivity index is 1.53. The maximum absolute atomic E-state index is 13.7. The fourth-order valence-electron chi connectivity index (χ4n) is 2.43. The van der Waals surface area contributed by atoms with Crippen LogP contribution in [0, 0.1) is 5.82 Å². The molecule has 0 aliphatic carbocycles. The predicted octanol–water partition coefficient (Wildman–Crippen LogP) is 3.92. The van der Waals surface area contributed by atoms with Crippen LogP contribution in [0.25, 0.3) is 0 Å². The number of hydrogen-bond donors (Lipinski definition) is 2. The molecule has 0 saturated heterocycles. The molecule has 2 N–H and O–H groups in total. The van der Waals surface area contributed by atoms with Gasteiger partial charge in [0.05, 0.1) is 27.9 Å². The molecule has 2 aromatic carbocycles. The van der Waals surface area contributed by atoms with Crippen molar-refractivity contribution in [2.45, 2.75) is 11.7 Å². The molecule has 0 atom stereocenters. The lowest BCUT2D eigenvalue weighted by atomic mass is 10.2. The van der Waals surface area contributed by atoms with Crippen LogP contribution in [0.2, 0.25) is 10.0 Å². The normalized spacial score (nSPS) is 10.7. The van der Waals surface area contributed by atoms with Crippen LogP contribution in [0.3, 0.4) is 0 Å². The van der Waals surface area contributed by atoms with Crippen LogP contribution in [-0.2, 0) is 18.4 Å². The zero-order valence-electron chi connectivity index (χ0n) is 15.7. The fraction of sp³-hybridized carbons (Fsp3) is 0.158. The number of carbonyl (C=O) groups excluding carboxylic acids is 2. The zero-order chi connectivity index (χ0) is 21.7. The van der Waals surface area contributed by atoms with Crippen molar-refractivity contribution in [1.29, 1.82) is 0 Å². The van der Waals surface area contributed by atoms with E-state index in [1.54, 1.807) is 35.9 Å². The highest BCUT2D eigenvalue weighted by Gasteiger charge is 2.15. The van der Waals surface area contributed by atoms with E-state index in [4.69, 9.17) is 23.2 Å². The first-order valence-electron chi connectivity index (χ1n) is 8.64. The molecule has 0 unspecified atom stereocenters. The van der Waals surface area contributed by atoms with Crippen molar-refractivity contribution in [2.75, 3.05) is 11.1 Å². The van der Waals surface area contributed by atoms with Gasteiger partial charge in [-0.3, -0.25) is 9.59 Å². The van der Waals surface area contributed by atoms with E-state index in [-0.39, 0.29) is 23.8 Å². The van der Waals surface area contributed by atoms with Gasteiger partial charge in [-0.15, -0.1) is 10.2 Å². The molecule has 30 heavy (non-hydrogen) atoms. The average Bonchev–Trinajstić information content (AvgIpc) is 3.07. The van der Waals surface area contributed by atoms with Crippen molar-refractivity contribution in [2.24, 2.45) is 7.05 Å². The molecule has 1 heterocycles. The molecule has 0 fully saturated rings. The van der Waals surface area contributed by atoms with Gasteiger partial charge < -0.3 is 15.2 Å². The highest BCUT2D eigenvalue weighted by Crippen LogP contribution is 2.25. The van der Waals surface area contributed by atoms with Crippen LogP contribution in [0.5, 0.6) is 0 Å². The van der Waals surface area contributed by atoms with Gasteiger partial charge in [0, 0.05) is 12.7 Å². The number of carbonyl (C=O) groups is 2. The lowest BCUT2D eigenvalue weighted by Crippen LogP contribution is -2.25. The molecule has 11 heteroatoms. The number of benzene rings is 2. The first kappa shape index (κ1) is 22.1. The minimum atomic E-state index is -0.600. The molecule has 0 bridgehead atoms. The molecule has 0 spiro atoms. The van der Waals surface area contributed by atoms with Gasteiger partial charge in [-0.1, -0.05) is 47.1 Å². The number of anilines is 1. The van der Waals surface area contributed by atoms with Crippen molar-refractivity contribution in [1.82, 2.24) is 20.1 Å². The number of thioether (sulfide) groups is 1. The molecule has 0 aliphatic heterocycles. The maximum atomic E-state index is 13.7. The van der Waals surface area contributed by atoms with Gasteiger partial charge in [0.25, 0.3) is 5.91 Å². The summed E-state index contributed by atoms with van der Waals surface area (Å²) in [4.78, 5) is 24.3. The molecule has 3 aromatic rings. The Hall–Kier alpha value is -2.62. The van der Waals surface area contributed by atoms with Crippen molar-refractivity contribution < 1.29 is 14.0 Å². The summed E-state index contributed by atoms with van der Waals surface area (Å²) >= 11 is 13.0. The number of rotatable bonds is 7. The summed E-state index contributed by atoms with van der Waals surface area (Å²) in [6.45, 7) is 0.0622. The third kappa shape index (κ3) is 5.50. The standard InChI is InChI=1S/C19H16Cl2FN5O2S/c1-27-16(9-23-18(29)12-4-2-3-5-15(12)22)25-26-19(27)30-10-17(28)24-11-6-7-13(20)14(21)8-11/h2-8H,9-10H2,1H3,(H,23,29)(H,24,28). The first-order valence-corrected chi connectivity index (χ1v) is 10.4. The van der Waals surface area contributed by atoms with Gasteiger partial charge in [-0.2, -0.15) is 0 Å². The maximum Gasteiger partial charge on any atom is 0.254 e. The average molecular weight is 468 g/mol. The SMILES string of the molecule is Cn1c(CNC(=O)c2ccccc2F)nnc1SCC(=O)Nc1ccc(Cl)c(Cl)c1. The van der Waals surface area contributed by atoms with E-state index in [1.807, 2.05) is 0 Å². The second-order valence-electron chi connectivity index (χ2n) is 6.09. The molecule has 156 valence electrons. The van der Waals surface area contributed by atoms with E-state index in [2.05, 4.69) is 20.8 Å². The summed E-state index contributed by atoms with van der Waals surface area (Å²) in [6.07, 6.45) is 0. The Morgan fingerprint density at radius 2 is 1.90 bits per heavy atom. The Labute approximate surface area is 186 Å². The third-order valence-corrected chi connectivity index (χ3v) is 5.75. The zero-order valence-corrected chi connectivity index (χ0v) is 18.0. The summed E-state index contributed by atoms with van der Waals surface area (Å²) in [5.74, 6) is -0.847. The summed E-state index contributed by atoms with van der Waals surface area (Å²) in [6, 6.07) is 10.5. The second kappa shape index (κ2) is 9.92. The van der Waals surface area contributed by atoms with Crippen LogP contribution in [0.4, 0.5) is 10.1 Å². The number of nitrogens with one attached hydrogen (secondary N) is 2. The number of amides is 2. The quantitative estimate of drug-likeness (QED) is 0.514. The minimum absolute atomic E-state index is 0.0479. The molecule has 2 amide bonds. The van der Waals surface area contributed by atoms with Gasteiger partial charge in [0.2, 0.25) is 5.91 Å². The van der Waals surface area contributed by atoms with Crippen molar-refractivity contribution >= 4 is 52.5 Å². The summed E-state index contributed by atoms with van der Waals surface area (Å²) in [5.41, 5.74) is 0.484. The van der Waals surface area contributed by atoms with Gasteiger partial charge in [-0.05, 0) is 30.3 Å². The second-order valence-corrected chi connectivity index (χ2v) is 7.84. The lowest BCUT2D eigenvalue weighted by Gasteiger charge is -2.07. The molecule has 1 aromatic heterocycles. The Kier molecular flexibility index (Phi) is 7.30. The minimum Gasteiger partial charge on any atom is -0.345 e. The van der Waals surface area contributed by atoms with Crippen LogP contribution >= 0.6 is 35.0 Å². The Morgan fingerprint density at radius 3 is 2.63 bits per heavy atom. The highest BCUT2D eigenvalue weighted by atomic mass is 35.5. The molecule has 0 aliphatic rings. The number of halogens is 3. The van der Waals surface area contributed by atoms with Crippen LogP contribution in [0.15, 0.2) is 47.6 Å². The van der Waals surface area contributed by atoms with Crippen LogP contribution in [0.1, 0.15) is 16.2 Å². The van der Waals surface area contributed by atoms with E-state index in [9.17, 15) is 14.0 Å². The van der Waals surface area contributed by atoms with E-state index < -0.39 is 11.7 Å². The molecular weight excluding hydrogens is 452 g/mol. The summed E-state index contributed by atoms with van der Waals surface area (Å²) in [5, 5.41) is 14.6. The van der Waals surface area contributed by atoms with E-state index in [0.717, 1.165) is 0 Å². The van der Waals surface area contributed by atoms with E-state index >= 15 is 0 Å². The predicted molar refractivity (Wildman–Crippen MR) is 114 cm³/mol. The van der Waals surface area contributed by atoms with Gasteiger partial charge in [-0.25, -0.2) is 4.39 Å². The first-order chi connectivity index (χ1) is 14.3. The molecule has 0 radical (unpaired) electrons. The van der Waals surface area contributed by atoms with Gasteiger partial charge in [0.15, 0.2) is 11.0 Å². The van der Waals surface area contributed by atoms with Crippen molar-refractivity contribution in [3.8, 4) is 0 Å². The van der Waals surface area contributed by atoms with E-state index in [0.29, 0.717) is 26.7 Å². The topological polar surface area (TPSA) is 88.9 Å². The number of hydrogen-bond acceptors (Lipinski definition) is 5. The molecule has 0 saturated carbocycles. The summed E-state index contributed by atoms with van der Waals surface area (Å²) in [7, 11) is 1.71. The number of aromatic nitrogens is 3. The van der Waals surface area contributed by atoms with Crippen LogP contribution < -0.4 is 10.6 Å². The highest BCUT2D eigenvalue weighted by molar-refractivity contribution is 7.99. The lowest BCUT2D eigenvalue weighted by molar-refractivity contribution is -0.113. The summed E-state index contributed by atoms with van der Waals surface area (Å²) < 4.78 is 15.3. The third-order valence-electron chi connectivity index (χ3n) is 3.99. The van der Waals surface area contributed by atoms with Crippen LogP contribution in [-0.4, -0.2) is 32.3 Å². The Morgan fingerprint density at radius 1 is 1.13 bits per heavy atom. The smallest absolute Gasteiger partial charge is 0.254 e. The van der Waals surface area contributed by atoms with Gasteiger partial charge in [0.1, 0.15) is 5.82 Å². The van der Waals surface area contributed by atoms with E-state index in [1.165, 1.54) is 30.0 Å². The Bertz CT molecular complexity index is 1090. The monoisotopic (exact) mass is 467 g/mol. The number of nitrogens with zero attached hydrogens (tertiary/aromatic N) is 3.